The number of rotatable bonds is 3. The first-order chi connectivity index (χ1) is 9.06. The highest BCUT2D eigenvalue weighted by Gasteiger charge is 2.33. The van der Waals surface area contributed by atoms with Gasteiger partial charge in [-0.1, -0.05) is 22.0 Å². The molecule has 104 valence electrons. The summed E-state index contributed by atoms with van der Waals surface area (Å²) in [5.74, 6) is -0.0100. The number of carbonyl (C=O) groups excluding carboxylic acids is 1. The minimum atomic E-state index is -0.254. The summed E-state index contributed by atoms with van der Waals surface area (Å²) >= 11 is 3.48. The van der Waals surface area contributed by atoms with Crippen molar-refractivity contribution in [2.24, 2.45) is 0 Å². The highest BCUT2D eigenvalue weighted by atomic mass is 79.9. The van der Waals surface area contributed by atoms with E-state index < -0.39 is 0 Å². The summed E-state index contributed by atoms with van der Waals surface area (Å²) in [5, 5.41) is 13.4. The number of carbonyl (C=O) groups is 1. The van der Waals surface area contributed by atoms with Crippen LogP contribution in [0.25, 0.3) is 0 Å². The van der Waals surface area contributed by atoms with E-state index in [-0.39, 0.29) is 17.2 Å². The van der Waals surface area contributed by atoms with Crippen molar-refractivity contribution in [2.45, 2.75) is 25.3 Å². The summed E-state index contributed by atoms with van der Waals surface area (Å²) in [6.07, 6.45) is 1.59. The number of alkyl halides is 1. The lowest BCUT2D eigenvalue weighted by molar-refractivity contribution is 0.0442. The van der Waals surface area contributed by atoms with Gasteiger partial charge in [-0.2, -0.15) is 0 Å². The van der Waals surface area contributed by atoms with Crippen LogP contribution in [0.1, 0.15) is 28.8 Å². The molecule has 19 heavy (non-hydrogen) atoms. The largest absolute Gasteiger partial charge is 0.508 e. The average Bonchev–Trinajstić information content (AvgIpc) is 2.43. The second-order valence-electron chi connectivity index (χ2n) is 4.98. The van der Waals surface area contributed by atoms with Crippen molar-refractivity contribution in [3.8, 4) is 5.75 Å². The van der Waals surface area contributed by atoms with Gasteiger partial charge in [-0.05, 0) is 37.5 Å². The van der Waals surface area contributed by atoms with Gasteiger partial charge in [0, 0.05) is 24.1 Å². The topological polar surface area (TPSA) is 58.6 Å². The van der Waals surface area contributed by atoms with Gasteiger partial charge in [-0.25, -0.2) is 0 Å². The van der Waals surface area contributed by atoms with Gasteiger partial charge in [0.25, 0.3) is 5.91 Å². The van der Waals surface area contributed by atoms with Crippen LogP contribution in [-0.2, 0) is 4.74 Å². The predicted octanol–water partition coefficient (Wildman–Crippen LogP) is 2.37. The van der Waals surface area contributed by atoms with E-state index in [0.717, 1.165) is 18.4 Å². The molecule has 0 radical (unpaired) electrons. The van der Waals surface area contributed by atoms with Crippen molar-refractivity contribution in [1.29, 1.82) is 0 Å². The molecule has 4 nitrogen and oxygen atoms in total. The molecule has 1 aliphatic heterocycles. The number of amides is 1. The number of ether oxygens (including phenoxy) is 1. The van der Waals surface area contributed by atoms with Gasteiger partial charge in [0.15, 0.2) is 0 Å². The fraction of sp³-hybridized carbons (Fsp3) is 0.500. The molecule has 1 aromatic carbocycles. The van der Waals surface area contributed by atoms with Crippen LogP contribution >= 0.6 is 15.9 Å². The highest BCUT2D eigenvalue weighted by molar-refractivity contribution is 9.09. The Morgan fingerprint density at radius 2 is 2.16 bits per heavy atom. The number of hydrogen-bond donors (Lipinski definition) is 2. The smallest absolute Gasteiger partial charge is 0.251 e. The molecule has 0 atom stereocenters. The Morgan fingerprint density at radius 1 is 1.47 bits per heavy atom. The average molecular weight is 328 g/mol. The maximum Gasteiger partial charge on any atom is 0.251 e. The monoisotopic (exact) mass is 327 g/mol. The standard InChI is InChI=1S/C14H18BrNO3/c1-10-2-3-11(8-12(10)17)13(18)16-14(9-15)4-6-19-7-5-14/h2-3,8,17H,4-7,9H2,1H3,(H,16,18). The minimum Gasteiger partial charge on any atom is -0.508 e. The van der Waals surface area contributed by atoms with Crippen LogP contribution in [0.15, 0.2) is 18.2 Å². The van der Waals surface area contributed by atoms with Crippen molar-refractivity contribution in [1.82, 2.24) is 5.32 Å². The molecule has 0 unspecified atom stereocenters. The van der Waals surface area contributed by atoms with Gasteiger partial charge in [-0.3, -0.25) is 4.79 Å². The Labute approximate surface area is 121 Å². The maximum atomic E-state index is 12.3. The van der Waals surface area contributed by atoms with Gasteiger partial charge in [0.1, 0.15) is 5.75 Å². The zero-order chi connectivity index (χ0) is 13.9. The molecule has 1 aliphatic rings. The van der Waals surface area contributed by atoms with Crippen molar-refractivity contribution >= 4 is 21.8 Å². The molecular weight excluding hydrogens is 310 g/mol. The number of aromatic hydroxyl groups is 1. The lowest BCUT2D eigenvalue weighted by Crippen LogP contribution is -2.53. The molecule has 2 N–H and O–H groups in total. The summed E-state index contributed by atoms with van der Waals surface area (Å²) in [6.45, 7) is 3.12. The number of aryl methyl sites for hydroxylation is 1. The molecule has 0 bridgehead atoms. The molecule has 5 heteroatoms. The quantitative estimate of drug-likeness (QED) is 0.838. The molecule has 2 rings (SSSR count). The molecular formula is C14H18BrNO3. The third-order valence-corrected chi connectivity index (χ3v) is 4.63. The molecule has 0 aliphatic carbocycles. The van der Waals surface area contributed by atoms with Gasteiger partial charge in [0.2, 0.25) is 0 Å². The number of hydrogen-bond acceptors (Lipinski definition) is 3. The van der Waals surface area contributed by atoms with Crippen LogP contribution in [0, 0.1) is 6.92 Å². The molecule has 1 amide bonds. The zero-order valence-corrected chi connectivity index (χ0v) is 12.5. The van der Waals surface area contributed by atoms with Crippen molar-refractivity contribution < 1.29 is 14.6 Å². The van der Waals surface area contributed by atoms with Crippen LogP contribution in [0.2, 0.25) is 0 Å². The first kappa shape index (κ1) is 14.3. The summed E-state index contributed by atoms with van der Waals surface area (Å²) in [4.78, 5) is 12.3. The van der Waals surface area contributed by atoms with E-state index in [9.17, 15) is 9.90 Å². The van der Waals surface area contributed by atoms with E-state index in [1.165, 1.54) is 6.07 Å². The summed E-state index contributed by atoms with van der Waals surface area (Å²) < 4.78 is 5.34. The van der Waals surface area contributed by atoms with Gasteiger partial charge < -0.3 is 15.2 Å². The summed E-state index contributed by atoms with van der Waals surface area (Å²) in [6, 6.07) is 4.98. The predicted molar refractivity (Wildman–Crippen MR) is 76.9 cm³/mol. The Morgan fingerprint density at radius 3 is 2.74 bits per heavy atom. The third-order valence-electron chi connectivity index (χ3n) is 3.56. The Bertz CT molecular complexity index is 470. The minimum absolute atomic E-state index is 0.146. The van der Waals surface area contributed by atoms with Gasteiger partial charge >= 0.3 is 0 Å². The Hall–Kier alpha value is -1.07. The number of benzene rings is 1. The van der Waals surface area contributed by atoms with Crippen LogP contribution in [-0.4, -0.2) is 35.1 Å². The van der Waals surface area contributed by atoms with Crippen molar-refractivity contribution in [2.75, 3.05) is 18.5 Å². The molecule has 0 spiro atoms. The third kappa shape index (κ3) is 3.28. The number of halogens is 1. The van der Waals surface area contributed by atoms with E-state index in [0.29, 0.717) is 24.1 Å². The number of phenolic OH excluding ortho intramolecular Hbond substituents is 1. The fourth-order valence-corrected chi connectivity index (χ4v) is 2.82. The van der Waals surface area contributed by atoms with E-state index in [4.69, 9.17) is 4.74 Å². The van der Waals surface area contributed by atoms with Crippen LogP contribution in [0.5, 0.6) is 5.75 Å². The molecule has 1 saturated heterocycles. The van der Waals surface area contributed by atoms with Crippen LogP contribution in [0.3, 0.4) is 0 Å². The van der Waals surface area contributed by atoms with E-state index >= 15 is 0 Å². The van der Waals surface area contributed by atoms with Crippen molar-refractivity contribution in [3.63, 3.8) is 0 Å². The number of nitrogens with one attached hydrogen (secondary N) is 1. The van der Waals surface area contributed by atoms with Crippen LogP contribution in [0.4, 0.5) is 0 Å². The second kappa shape index (κ2) is 5.92. The SMILES string of the molecule is Cc1ccc(C(=O)NC2(CBr)CCOCC2)cc1O. The zero-order valence-electron chi connectivity index (χ0n) is 10.9. The molecule has 0 aromatic heterocycles. The lowest BCUT2D eigenvalue weighted by atomic mass is 9.92. The molecule has 1 fully saturated rings. The fourth-order valence-electron chi connectivity index (χ4n) is 2.12. The van der Waals surface area contributed by atoms with Gasteiger partial charge in [-0.15, -0.1) is 0 Å². The highest BCUT2D eigenvalue weighted by Crippen LogP contribution is 2.24. The Kier molecular flexibility index (Phi) is 4.47. The molecule has 1 heterocycles. The first-order valence-electron chi connectivity index (χ1n) is 6.32. The van der Waals surface area contributed by atoms with Crippen LogP contribution < -0.4 is 5.32 Å². The van der Waals surface area contributed by atoms with E-state index in [1.54, 1.807) is 19.1 Å². The van der Waals surface area contributed by atoms with Gasteiger partial charge in [0.05, 0.1) is 5.54 Å². The summed E-state index contributed by atoms with van der Waals surface area (Å²) in [7, 11) is 0. The maximum absolute atomic E-state index is 12.3. The molecule has 1 aromatic rings. The normalized spacial score (nSPS) is 18.0. The van der Waals surface area contributed by atoms with Crippen molar-refractivity contribution in [3.05, 3.63) is 29.3 Å². The first-order valence-corrected chi connectivity index (χ1v) is 7.44. The summed E-state index contributed by atoms with van der Waals surface area (Å²) in [5.41, 5.74) is 0.989. The number of phenols is 1. The van der Waals surface area contributed by atoms with E-state index in [1.807, 2.05) is 0 Å². The lowest BCUT2D eigenvalue weighted by Gasteiger charge is -2.36. The van der Waals surface area contributed by atoms with E-state index in [2.05, 4.69) is 21.2 Å². The second-order valence-corrected chi connectivity index (χ2v) is 5.54. The molecule has 0 saturated carbocycles. The Balaban J connectivity index is 2.12.